The molecule has 1 aliphatic rings. The molecule has 15 heavy (non-hydrogen) atoms. The van der Waals surface area contributed by atoms with Crippen LogP contribution in [0.3, 0.4) is 0 Å². The van der Waals surface area contributed by atoms with Crippen molar-refractivity contribution in [1.29, 1.82) is 0 Å². The molecular formula is C12H14FNO. The minimum Gasteiger partial charge on any atom is -0.299 e. The Labute approximate surface area is 88.7 Å². The van der Waals surface area contributed by atoms with E-state index in [4.69, 9.17) is 0 Å². The molecule has 1 heterocycles. The second-order valence-electron chi connectivity index (χ2n) is 3.88. The van der Waals surface area contributed by atoms with Gasteiger partial charge in [0, 0.05) is 19.5 Å². The number of likely N-dealkylation sites (tertiary alicyclic amines) is 1. The average Bonchev–Trinajstić information content (AvgIpc) is 2.24. The van der Waals surface area contributed by atoms with Gasteiger partial charge >= 0.3 is 0 Å². The molecule has 0 spiro atoms. The quantitative estimate of drug-likeness (QED) is 0.692. The summed E-state index contributed by atoms with van der Waals surface area (Å²) in [6.07, 6.45) is -0.577. The number of carbonyl (C=O) groups is 1. The zero-order chi connectivity index (χ0) is 10.7. The van der Waals surface area contributed by atoms with Crippen LogP contribution in [0.5, 0.6) is 0 Å². The summed E-state index contributed by atoms with van der Waals surface area (Å²) in [4.78, 5) is 12.7. The fraction of sp³-hybridized carbons (Fsp3) is 0.417. The van der Waals surface area contributed by atoms with E-state index in [-0.39, 0.29) is 12.2 Å². The van der Waals surface area contributed by atoms with Gasteiger partial charge in [0.25, 0.3) is 0 Å². The molecule has 1 atom stereocenters. The SMILES string of the molecule is O=C1CCN(Cc2ccccc2)C(F)C1. The molecule has 3 heteroatoms. The molecule has 0 aliphatic carbocycles. The number of ketones is 1. The van der Waals surface area contributed by atoms with Crippen LogP contribution in [-0.4, -0.2) is 23.5 Å². The summed E-state index contributed by atoms with van der Waals surface area (Å²) >= 11 is 0. The van der Waals surface area contributed by atoms with Crippen molar-refractivity contribution < 1.29 is 9.18 Å². The number of hydrogen-bond donors (Lipinski definition) is 0. The topological polar surface area (TPSA) is 20.3 Å². The summed E-state index contributed by atoms with van der Waals surface area (Å²) in [6.45, 7) is 1.13. The molecule has 0 radical (unpaired) electrons. The molecule has 0 saturated carbocycles. The van der Waals surface area contributed by atoms with Crippen LogP contribution in [-0.2, 0) is 11.3 Å². The van der Waals surface area contributed by atoms with E-state index in [0.717, 1.165) is 5.56 Å². The van der Waals surface area contributed by atoms with E-state index in [2.05, 4.69) is 0 Å². The molecule has 1 aromatic rings. The molecule has 1 unspecified atom stereocenters. The first kappa shape index (κ1) is 10.3. The Bertz CT molecular complexity index is 339. The molecule has 1 aliphatic heterocycles. The Morgan fingerprint density at radius 1 is 1.33 bits per heavy atom. The van der Waals surface area contributed by atoms with Crippen LogP contribution in [0, 0.1) is 0 Å². The van der Waals surface area contributed by atoms with Gasteiger partial charge in [-0.3, -0.25) is 9.69 Å². The molecule has 0 N–H and O–H groups in total. The van der Waals surface area contributed by atoms with Crippen molar-refractivity contribution in [2.75, 3.05) is 6.54 Å². The first-order valence-corrected chi connectivity index (χ1v) is 5.19. The highest BCUT2D eigenvalue weighted by atomic mass is 19.1. The van der Waals surface area contributed by atoms with E-state index in [0.29, 0.717) is 19.5 Å². The van der Waals surface area contributed by atoms with Gasteiger partial charge in [0.05, 0.1) is 6.42 Å². The maximum atomic E-state index is 13.5. The molecule has 0 bridgehead atoms. The third kappa shape index (κ3) is 2.63. The highest BCUT2D eigenvalue weighted by Crippen LogP contribution is 2.18. The predicted molar refractivity (Wildman–Crippen MR) is 56.0 cm³/mol. The minimum atomic E-state index is -1.11. The van der Waals surface area contributed by atoms with Crippen LogP contribution in [0.1, 0.15) is 18.4 Å². The second kappa shape index (κ2) is 4.53. The fourth-order valence-electron chi connectivity index (χ4n) is 1.82. The lowest BCUT2D eigenvalue weighted by atomic mass is 10.1. The molecule has 1 fully saturated rings. The number of carbonyl (C=O) groups excluding carboxylic acids is 1. The van der Waals surface area contributed by atoms with E-state index >= 15 is 0 Å². The summed E-state index contributed by atoms with van der Waals surface area (Å²) in [5.74, 6) is 0.0341. The predicted octanol–water partition coefficient (Wildman–Crippen LogP) is 2.15. The van der Waals surface area contributed by atoms with E-state index < -0.39 is 6.30 Å². The largest absolute Gasteiger partial charge is 0.299 e. The zero-order valence-corrected chi connectivity index (χ0v) is 8.53. The third-order valence-corrected chi connectivity index (χ3v) is 2.70. The van der Waals surface area contributed by atoms with Crippen LogP contribution in [0.2, 0.25) is 0 Å². The first-order valence-electron chi connectivity index (χ1n) is 5.19. The average molecular weight is 207 g/mol. The van der Waals surface area contributed by atoms with Crippen LogP contribution < -0.4 is 0 Å². The summed E-state index contributed by atoms with van der Waals surface area (Å²) in [5.41, 5.74) is 1.09. The van der Waals surface area contributed by atoms with Crippen molar-refractivity contribution in [3.8, 4) is 0 Å². The minimum absolute atomic E-state index is 0.0341. The van der Waals surface area contributed by atoms with E-state index in [9.17, 15) is 9.18 Å². The smallest absolute Gasteiger partial charge is 0.160 e. The van der Waals surface area contributed by atoms with Gasteiger partial charge in [0.15, 0.2) is 6.30 Å². The summed E-state index contributed by atoms with van der Waals surface area (Å²) < 4.78 is 13.5. The Morgan fingerprint density at radius 2 is 2.07 bits per heavy atom. The molecule has 1 aromatic carbocycles. The Balaban J connectivity index is 1.98. The molecule has 2 rings (SSSR count). The number of halogens is 1. The monoisotopic (exact) mass is 207 g/mol. The van der Waals surface area contributed by atoms with Crippen LogP contribution in [0.4, 0.5) is 4.39 Å². The Morgan fingerprint density at radius 3 is 2.73 bits per heavy atom. The molecule has 1 saturated heterocycles. The maximum Gasteiger partial charge on any atom is 0.160 e. The number of hydrogen-bond acceptors (Lipinski definition) is 2. The molecular weight excluding hydrogens is 193 g/mol. The van der Waals surface area contributed by atoms with Crippen LogP contribution in [0.15, 0.2) is 30.3 Å². The number of Topliss-reactive ketones (excluding diaryl/α,β-unsaturated/α-hetero) is 1. The zero-order valence-electron chi connectivity index (χ0n) is 8.53. The standard InChI is InChI=1S/C12H14FNO/c13-12-8-11(15)6-7-14(12)9-10-4-2-1-3-5-10/h1-5,12H,6-9H2. The number of alkyl halides is 1. The van der Waals surface area contributed by atoms with Crippen molar-refractivity contribution in [1.82, 2.24) is 4.90 Å². The van der Waals surface area contributed by atoms with Gasteiger partial charge in [-0.2, -0.15) is 0 Å². The molecule has 80 valence electrons. The van der Waals surface area contributed by atoms with Gasteiger partial charge < -0.3 is 0 Å². The highest BCUT2D eigenvalue weighted by molar-refractivity contribution is 5.79. The van der Waals surface area contributed by atoms with E-state index in [1.807, 2.05) is 30.3 Å². The third-order valence-electron chi connectivity index (χ3n) is 2.70. The normalized spacial score (nSPS) is 23.0. The summed E-state index contributed by atoms with van der Waals surface area (Å²) in [5, 5.41) is 0. The van der Waals surface area contributed by atoms with E-state index in [1.54, 1.807) is 4.90 Å². The second-order valence-corrected chi connectivity index (χ2v) is 3.88. The van der Waals surface area contributed by atoms with Gasteiger partial charge in [-0.15, -0.1) is 0 Å². The van der Waals surface area contributed by atoms with Crippen molar-refractivity contribution in [3.63, 3.8) is 0 Å². The van der Waals surface area contributed by atoms with Gasteiger partial charge in [-0.1, -0.05) is 30.3 Å². The maximum absolute atomic E-state index is 13.5. The van der Waals surface area contributed by atoms with Gasteiger partial charge in [0.1, 0.15) is 5.78 Å². The van der Waals surface area contributed by atoms with Gasteiger partial charge in [0.2, 0.25) is 0 Å². The van der Waals surface area contributed by atoms with Gasteiger partial charge in [-0.25, -0.2) is 4.39 Å². The Kier molecular flexibility index (Phi) is 3.11. The van der Waals surface area contributed by atoms with Crippen molar-refractivity contribution in [3.05, 3.63) is 35.9 Å². The number of piperidine rings is 1. The lowest BCUT2D eigenvalue weighted by molar-refractivity contribution is -0.126. The van der Waals surface area contributed by atoms with Crippen molar-refractivity contribution >= 4 is 5.78 Å². The van der Waals surface area contributed by atoms with Crippen molar-refractivity contribution in [2.24, 2.45) is 0 Å². The van der Waals surface area contributed by atoms with Crippen molar-refractivity contribution in [2.45, 2.75) is 25.7 Å². The summed E-state index contributed by atoms with van der Waals surface area (Å²) in [6, 6.07) is 9.78. The number of nitrogens with zero attached hydrogens (tertiary/aromatic N) is 1. The summed E-state index contributed by atoms with van der Waals surface area (Å²) in [7, 11) is 0. The molecule has 0 amide bonds. The molecule has 0 aromatic heterocycles. The highest BCUT2D eigenvalue weighted by Gasteiger charge is 2.26. The van der Waals surface area contributed by atoms with Gasteiger partial charge in [-0.05, 0) is 5.56 Å². The first-order chi connectivity index (χ1) is 7.25. The molecule has 2 nitrogen and oxygen atoms in total. The van der Waals surface area contributed by atoms with Crippen LogP contribution >= 0.6 is 0 Å². The lowest BCUT2D eigenvalue weighted by Gasteiger charge is -2.29. The fourth-order valence-corrected chi connectivity index (χ4v) is 1.82. The number of benzene rings is 1. The van der Waals surface area contributed by atoms with Crippen LogP contribution in [0.25, 0.3) is 0 Å². The Hall–Kier alpha value is -1.22. The lowest BCUT2D eigenvalue weighted by Crippen LogP contribution is -2.39. The van der Waals surface area contributed by atoms with E-state index in [1.165, 1.54) is 0 Å². The number of rotatable bonds is 2.